The second-order valence-electron chi connectivity index (χ2n) is 10.3. The molecular weight excluding hydrogens is 442 g/mol. The maximum Gasteiger partial charge on any atom is 0.407 e. The van der Waals surface area contributed by atoms with Gasteiger partial charge in [0.05, 0.1) is 0 Å². The zero-order valence-corrected chi connectivity index (χ0v) is 21.0. The zero-order chi connectivity index (χ0) is 25.1. The van der Waals surface area contributed by atoms with E-state index in [1.165, 1.54) is 10.5 Å². The van der Waals surface area contributed by atoms with Gasteiger partial charge < -0.3 is 30.5 Å². The van der Waals surface area contributed by atoms with Gasteiger partial charge in [-0.05, 0) is 44.2 Å². The van der Waals surface area contributed by atoms with E-state index >= 15 is 0 Å². The van der Waals surface area contributed by atoms with Crippen molar-refractivity contribution in [2.45, 2.75) is 57.0 Å². The number of rotatable bonds is 8. The third-order valence-electron chi connectivity index (χ3n) is 8.12. The predicted octanol–water partition coefficient (Wildman–Crippen LogP) is 2.78. The van der Waals surface area contributed by atoms with Gasteiger partial charge in [-0.15, -0.1) is 0 Å². The largest absolute Gasteiger partial charge is 0.465 e. The number of piperidine rings is 1. The number of aryl methyl sites for hydroxylation is 1. The molecule has 8 nitrogen and oxygen atoms in total. The first-order chi connectivity index (χ1) is 16.8. The summed E-state index contributed by atoms with van der Waals surface area (Å²) in [6.07, 6.45) is 2.56. The number of pyridine rings is 1. The highest BCUT2D eigenvalue weighted by atomic mass is 16.4. The number of anilines is 1. The van der Waals surface area contributed by atoms with Crippen molar-refractivity contribution in [3.8, 4) is 0 Å². The molecule has 2 fully saturated rings. The van der Waals surface area contributed by atoms with E-state index in [4.69, 9.17) is 10.8 Å². The number of likely N-dealkylation sites (tertiary alicyclic amines) is 1. The summed E-state index contributed by atoms with van der Waals surface area (Å²) in [4.78, 5) is 27.9. The van der Waals surface area contributed by atoms with Crippen LogP contribution in [-0.2, 0) is 12.0 Å². The van der Waals surface area contributed by atoms with Gasteiger partial charge in [0.1, 0.15) is 0 Å². The quantitative estimate of drug-likeness (QED) is 0.501. The summed E-state index contributed by atoms with van der Waals surface area (Å²) in [5.41, 5.74) is 9.56. The Balaban J connectivity index is 1.34. The number of carboxylic acid groups (broad SMARTS) is 1. The fourth-order valence-electron chi connectivity index (χ4n) is 5.64. The first-order valence-electron chi connectivity index (χ1n) is 12.7. The minimum Gasteiger partial charge on any atom is -0.465 e. The highest BCUT2D eigenvalue weighted by Crippen LogP contribution is 2.39. The number of nitrogens with one attached hydrogen (secondary N) is 1. The van der Waals surface area contributed by atoms with Crippen molar-refractivity contribution in [1.82, 2.24) is 14.8 Å². The van der Waals surface area contributed by atoms with Crippen LogP contribution in [-0.4, -0.2) is 65.5 Å². The van der Waals surface area contributed by atoms with Gasteiger partial charge in [0.2, 0.25) is 0 Å². The summed E-state index contributed by atoms with van der Waals surface area (Å²) < 4.78 is 1.81. The fourth-order valence-corrected chi connectivity index (χ4v) is 5.64. The molecule has 3 heterocycles. The van der Waals surface area contributed by atoms with Crippen LogP contribution in [0.4, 0.5) is 10.5 Å². The van der Waals surface area contributed by atoms with Crippen molar-refractivity contribution < 1.29 is 9.90 Å². The molecule has 8 heteroatoms. The Morgan fingerprint density at radius 3 is 2.46 bits per heavy atom. The molecule has 2 aromatic rings. The molecule has 4 rings (SSSR count). The standard InChI is InChI=1S/C27H39N5O3/c1-3-26(22-7-5-4-6-8-22)9-13-31(20-26)23-17-21(2)32(24(33)18-23)16-12-29-19-27(28)10-14-30(15-11-27)25(34)35/h4-8,17-18,29H,3,9-16,19-20,28H2,1-2H3,(H,34,35)/t26-/m1/s1. The Bertz CT molecular complexity index is 1080. The number of nitrogens with two attached hydrogens (primary N) is 1. The van der Waals surface area contributed by atoms with Crippen LogP contribution in [0.2, 0.25) is 0 Å². The van der Waals surface area contributed by atoms with E-state index < -0.39 is 11.6 Å². The minimum atomic E-state index is -0.882. The van der Waals surface area contributed by atoms with Crippen molar-refractivity contribution in [2.24, 2.45) is 5.73 Å². The van der Waals surface area contributed by atoms with E-state index in [0.29, 0.717) is 45.6 Å². The van der Waals surface area contributed by atoms with Gasteiger partial charge in [-0.1, -0.05) is 37.3 Å². The lowest BCUT2D eigenvalue weighted by Gasteiger charge is -2.38. The number of hydrogen-bond donors (Lipinski definition) is 3. The third-order valence-corrected chi connectivity index (χ3v) is 8.12. The first kappa shape index (κ1) is 25.3. The third kappa shape index (κ3) is 5.54. The molecular formula is C27H39N5O3. The van der Waals surface area contributed by atoms with Crippen LogP contribution in [0.3, 0.4) is 0 Å². The van der Waals surface area contributed by atoms with E-state index in [1.54, 1.807) is 6.07 Å². The van der Waals surface area contributed by atoms with Crippen LogP contribution in [0.25, 0.3) is 0 Å². The fraction of sp³-hybridized carbons (Fsp3) is 0.556. The Kier molecular flexibility index (Phi) is 7.52. The second kappa shape index (κ2) is 10.4. The molecule has 35 heavy (non-hydrogen) atoms. The molecule has 4 N–H and O–H groups in total. The lowest BCUT2D eigenvalue weighted by Crippen LogP contribution is -2.56. The molecule has 0 unspecified atom stereocenters. The van der Waals surface area contributed by atoms with Crippen molar-refractivity contribution in [2.75, 3.05) is 44.2 Å². The number of benzene rings is 1. The van der Waals surface area contributed by atoms with E-state index in [9.17, 15) is 9.59 Å². The van der Waals surface area contributed by atoms with Gasteiger partial charge in [-0.25, -0.2) is 4.79 Å². The van der Waals surface area contributed by atoms with Gasteiger partial charge in [0.25, 0.3) is 5.56 Å². The number of hydrogen-bond acceptors (Lipinski definition) is 5. The van der Waals surface area contributed by atoms with Gasteiger partial charge >= 0.3 is 6.09 Å². The molecule has 2 aliphatic heterocycles. The van der Waals surface area contributed by atoms with Gasteiger partial charge in [-0.2, -0.15) is 0 Å². The topological polar surface area (TPSA) is 104 Å². The van der Waals surface area contributed by atoms with Gasteiger partial charge in [0, 0.05) is 74.2 Å². The summed E-state index contributed by atoms with van der Waals surface area (Å²) in [6.45, 7) is 8.88. The molecule has 2 saturated heterocycles. The minimum absolute atomic E-state index is 0.0211. The normalized spacial score (nSPS) is 21.9. The lowest BCUT2D eigenvalue weighted by molar-refractivity contribution is 0.117. The predicted molar refractivity (Wildman–Crippen MR) is 139 cm³/mol. The maximum absolute atomic E-state index is 13.0. The summed E-state index contributed by atoms with van der Waals surface area (Å²) in [5.74, 6) is 0. The number of amides is 1. The van der Waals surface area contributed by atoms with Crippen LogP contribution < -0.4 is 21.5 Å². The van der Waals surface area contributed by atoms with Crippen LogP contribution in [0.15, 0.2) is 47.3 Å². The summed E-state index contributed by atoms with van der Waals surface area (Å²) in [6, 6.07) is 14.6. The Morgan fingerprint density at radius 1 is 1.11 bits per heavy atom. The van der Waals surface area contributed by atoms with E-state index in [1.807, 2.05) is 11.5 Å². The lowest BCUT2D eigenvalue weighted by atomic mass is 9.77. The second-order valence-corrected chi connectivity index (χ2v) is 10.3. The maximum atomic E-state index is 13.0. The number of aromatic nitrogens is 1. The van der Waals surface area contributed by atoms with Gasteiger partial charge in [-0.3, -0.25) is 4.79 Å². The van der Waals surface area contributed by atoms with Crippen molar-refractivity contribution in [1.29, 1.82) is 0 Å². The van der Waals surface area contributed by atoms with E-state index in [-0.39, 0.29) is 11.0 Å². The van der Waals surface area contributed by atoms with Crippen LogP contribution in [0.1, 0.15) is 43.9 Å². The molecule has 0 aliphatic carbocycles. The highest BCUT2D eigenvalue weighted by molar-refractivity contribution is 5.65. The number of nitrogens with zero attached hydrogens (tertiary/aromatic N) is 3. The molecule has 0 bridgehead atoms. The SMILES string of the molecule is CC[C@@]1(c2ccccc2)CCN(c2cc(C)n(CCNCC3(N)CCN(C(=O)O)CC3)c(=O)c2)C1. The first-order valence-corrected chi connectivity index (χ1v) is 12.7. The Hall–Kier alpha value is -2.84. The molecule has 0 radical (unpaired) electrons. The molecule has 0 saturated carbocycles. The molecule has 2 aliphatic rings. The smallest absolute Gasteiger partial charge is 0.407 e. The molecule has 1 atom stereocenters. The van der Waals surface area contributed by atoms with Crippen LogP contribution >= 0.6 is 0 Å². The van der Waals surface area contributed by atoms with Crippen LogP contribution in [0, 0.1) is 6.92 Å². The monoisotopic (exact) mass is 481 g/mol. The highest BCUT2D eigenvalue weighted by Gasteiger charge is 2.38. The summed E-state index contributed by atoms with van der Waals surface area (Å²) >= 11 is 0. The van der Waals surface area contributed by atoms with E-state index in [0.717, 1.165) is 37.3 Å². The molecule has 1 aromatic heterocycles. The molecule has 1 amide bonds. The average molecular weight is 482 g/mol. The van der Waals surface area contributed by atoms with Crippen molar-refractivity contribution in [3.63, 3.8) is 0 Å². The zero-order valence-electron chi connectivity index (χ0n) is 21.0. The molecule has 0 spiro atoms. The summed E-state index contributed by atoms with van der Waals surface area (Å²) in [7, 11) is 0. The van der Waals surface area contributed by atoms with Crippen molar-refractivity contribution in [3.05, 3.63) is 64.1 Å². The molecule has 190 valence electrons. The van der Waals surface area contributed by atoms with E-state index in [2.05, 4.69) is 53.5 Å². The summed E-state index contributed by atoms with van der Waals surface area (Å²) in [5, 5.41) is 12.5. The number of carbonyl (C=O) groups is 1. The molecule has 1 aromatic carbocycles. The Morgan fingerprint density at radius 2 is 1.83 bits per heavy atom. The van der Waals surface area contributed by atoms with Crippen molar-refractivity contribution >= 4 is 11.8 Å². The van der Waals surface area contributed by atoms with Crippen LogP contribution in [0.5, 0.6) is 0 Å². The Labute approximate surface area is 207 Å². The van der Waals surface area contributed by atoms with Gasteiger partial charge in [0.15, 0.2) is 0 Å². The average Bonchev–Trinajstić information content (AvgIpc) is 3.30.